The predicted molar refractivity (Wildman–Crippen MR) is 186 cm³/mol. The Morgan fingerprint density at radius 2 is 0.762 bits per heavy atom. The lowest BCUT2D eigenvalue weighted by Gasteiger charge is -2.30. The summed E-state index contributed by atoms with van der Waals surface area (Å²) in [6, 6.07) is 8.69. The molecule has 0 radical (unpaired) electrons. The van der Waals surface area contributed by atoms with Crippen LogP contribution in [0.3, 0.4) is 0 Å². The van der Waals surface area contributed by atoms with E-state index in [1.54, 1.807) is 0 Å². The van der Waals surface area contributed by atoms with Gasteiger partial charge in [0, 0.05) is 44.5 Å². The van der Waals surface area contributed by atoms with Crippen LogP contribution in [0.15, 0.2) is 108 Å². The summed E-state index contributed by atoms with van der Waals surface area (Å²) in [4.78, 5) is 0. The zero-order valence-corrected chi connectivity index (χ0v) is 30.3. The van der Waals surface area contributed by atoms with E-state index in [9.17, 15) is 22.0 Å². The van der Waals surface area contributed by atoms with Gasteiger partial charge in [-0.1, -0.05) is 72.8 Å². The molecule has 0 bridgehead atoms. The number of hydrogen-bond acceptors (Lipinski definition) is 3. The Morgan fingerprint density at radius 1 is 0.365 bits per heavy atom. The first-order chi connectivity index (χ1) is 29.6. The molecule has 0 spiro atoms. The van der Waals surface area contributed by atoms with Crippen molar-refractivity contribution in [2.75, 3.05) is 0 Å². The van der Waals surface area contributed by atoms with E-state index in [0.29, 0.717) is 0 Å². The van der Waals surface area contributed by atoms with Gasteiger partial charge in [-0.15, -0.1) is 0 Å². The fourth-order valence-corrected chi connectivity index (χ4v) is 7.91. The lowest BCUT2D eigenvalue weighted by molar-refractivity contribution is -0.131. The van der Waals surface area contributed by atoms with Crippen molar-refractivity contribution in [1.82, 2.24) is 0 Å². The summed E-state index contributed by atoms with van der Waals surface area (Å²) in [5.41, 5.74) is -21.4. The standard InChI is InChI=1S/C42H14BF17O3/c44-23-13-14-24(32(50)31(23)49)61-43(62-41(59)19-9-11-21(29(47)25(19)33(51)37(41)55)39(57)17-7-3-1-5-15(17)27(45)35(39)53)63-42(60)20-10-12-22(30(48)26(20)34(52)38(42)56)40(58)18-8-4-2-6-16(18)28(46)36(40)54/h1-14H. The van der Waals surface area contributed by atoms with Crippen LogP contribution in [0.1, 0.15) is 55.6 Å². The first-order valence-electron chi connectivity index (χ1n) is 17.7. The summed E-state index contributed by atoms with van der Waals surface area (Å²) in [6.07, 6.45) is 0. The van der Waals surface area contributed by atoms with Gasteiger partial charge in [0.15, 0.2) is 46.6 Å². The molecular formula is C42H14BF17O3. The van der Waals surface area contributed by atoms with Crippen molar-refractivity contribution >= 4 is 30.6 Å². The van der Waals surface area contributed by atoms with Crippen molar-refractivity contribution in [3.05, 3.63) is 193 Å². The minimum Gasteiger partial charge on any atom is -0.509 e. The third kappa shape index (κ3) is 5.37. The zero-order chi connectivity index (χ0) is 45.5. The first-order valence-corrected chi connectivity index (χ1v) is 17.7. The smallest absolute Gasteiger partial charge is 0.509 e. The van der Waals surface area contributed by atoms with Crippen LogP contribution in [-0.4, -0.2) is 7.32 Å². The molecule has 0 aliphatic heterocycles. The van der Waals surface area contributed by atoms with Crippen LogP contribution in [0.4, 0.5) is 74.6 Å². The summed E-state index contributed by atoms with van der Waals surface area (Å²) < 4.78 is 279. The highest BCUT2D eigenvalue weighted by atomic mass is 19.2. The summed E-state index contributed by atoms with van der Waals surface area (Å²) in [6.45, 7) is 0. The van der Waals surface area contributed by atoms with Gasteiger partial charge in [0.05, 0.1) is 11.1 Å². The molecule has 4 atom stereocenters. The molecule has 0 N–H and O–H groups in total. The molecule has 0 amide bonds. The highest BCUT2D eigenvalue weighted by Crippen LogP contribution is 2.60. The maximum absolute atomic E-state index is 16.9. The van der Waals surface area contributed by atoms with E-state index < -0.39 is 167 Å². The lowest BCUT2D eigenvalue weighted by atomic mass is 9.86. The molecule has 5 aromatic carbocycles. The second kappa shape index (κ2) is 13.8. The van der Waals surface area contributed by atoms with Crippen LogP contribution in [0.25, 0.3) is 23.3 Å². The van der Waals surface area contributed by atoms with Crippen LogP contribution in [-0.2, 0) is 32.4 Å². The molecule has 63 heavy (non-hydrogen) atoms. The molecule has 0 aromatic heterocycles. The second-order valence-corrected chi connectivity index (χ2v) is 14.1. The zero-order valence-electron chi connectivity index (χ0n) is 30.3. The molecule has 21 heteroatoms. The number of allylic oxidation sites excluding steroid dienone is 2. The van der Waals surface area contributed by atoms with E-state index in [2.05, 4.69) is 9.31 Å². The topological polar surface area (TPSA) is 27.7 Å². The van der Waals surface area contributed by atoms with Crippen LogP contribution in [0.2, 0.25) is 0 Å². The van der Waals surface area contributed by atoms with Gasteiger partial charge in [-0.3, -0.25) is 0 Å². The Balaban J connectivity index is 1.15. The van der Waals surface area contributed by atoms with Crippen molar-refractivity contribution in [2.45, 2.75) is 23.0 Å². The largest absolute Gasteiger partial charge is 0.718 e. The molecule has 322 valence electrons. The van der Waals surface area contributed by atoms with Crippen molar-refractivity contribution in [1.29, 1.82) is 0 Å². The Kier molecular flexibility index (Phi) is 9.21. The van der Waals surface area contributed by atoms with E-state index in [-0.39, 0.29) is 36.4 Å². The number of alkyl halides is 4. The molecular weight excluding hydrogens is 886 g/mol. The average Bonchev–Trinajstić information content (AvgIpc) is 3.76. The molecule has 4 aliphatic rings. The SMILES string of the molecule is FC1=C(F)C(F)(c2ccc3c(c2F)C(F)=C(F)C3(F)OB(Oc2ccc(F)c(F)c2F)OC2(F)C(F)=C(F)c3c2ccc(C2(F)C(F)=C(F)c4ccccc42)c3F)c2ccccc21. The molecule has 3 nitrogen and oxygen atoms in total. The van der Waals surface area contributed by atoms with Gasteiger partial charge in [0.25, 0.3) is 11.7 Å². The minimum absolute atomic E-state index is 0.111. The van der Waals surface area contributed by atoms with Crippen LogP contribution in [0.5, 0.6) is 5.75 Å². The molecule has 9 rings (SSSR count). The Morgan fingerprint density at radius 3 is 1.19 bits per heavy atom. The Bertz CT molecular complexity index is 2850. The normalized spacial score (nSPS) is 24.7. The van der Waals surface area contributed by atoms with Gasteiger partial charge >= 0.3 is 7.32 Å². The van der Waals surface area contributed by atoms with E-state index >= 15 is 52.7 Å². The molecule has 0 fully saturated rings. The number of halogens is 17. The fraction of sp³-hybridized carbons (Fsp3) is 0.0952. The molecule has 0 saturated carbocycles. The van der Waals surface area contributed by atoms with Crippen LogP contribution >= 0.6 is 0 Å². The maximum atomic E-state index is 16.9. The summed E-state index contributed by atoms with van der Waals surface area (Å²) in [5, 5.41) is 0. The van der Waals surface area contributed by atoms with Gasteiger partial charge in [0.2, 0.25) is 28.8 Å². The van der Waals surface area contributed by atoms with Gasteiger partial charge in [-0.2, -0.15) is 13.2 Å². The highest BCUT2D eigenvalue weighted by molar-refractivity contribution is 6.38. The third-order valence-corrected chi connectivity index (χ3v) is 10.9. The number of hydrogen-bond donors (Lipinski definition) is 0. The maximum Gasteiger partial charge on any atom is 0.718 e. The van der Waals surface area contributed by atoms with Crippen molar-refractivity contribution in [3.8, 4) is 5.75 Å². The summed E-state index contributed by atoms with van der Waals surface area (Å²) in [5.74, 6) is -41.7. The van der Waals surface area contributed by atoms with Gasteiger partial charge in [-0.05, 0) is 12.1 Å². The fourth-order valence-electron chi connectivity index (χ4n) is 7.91. The Labute approximate surface area is 340 Å². The van der Waals surface area contributed by atoms with Crippen LogP contribution < -0.4 is 4.65 Å². The number of benzene rings is 5. The van der Waals surface area contributed by atoms with Crippen molar-refractivity contribution < 1.29 is 88.6 Å². The third-order valence-electron chi connectivity index (χ3n) is 10.9. The van der Waals surface area contributed by atoms with Crippen molar-refractivity contribution in [2.24, 2.45) is 0 Å². The first kappa shape index (κ1) is 42.0. The number of fused-ring (bicyclic) bond motifs is 4. The highest BCUT2D eigenvalue weighted by Gasteiger charge is 2.61. The molecule has 5 aromatic rings. The van der Waals surface area contributed by atoms with Crippen LogP contribution in [0, 0.1) is 29.1 Å². The van der Waals surface area contributed by atoms with Gasteiger partial charge in [-0.25, -0.2) is 61.5 Å². The average molecular weight is 900 g/mol. The van der Waals surface area contributed by atoms with E-state index in [0.717, 1.165) is 48.5 Å². The molecule has 0 saturated heterocycles. The van der Waals surface area contributed by atoms with E-state index in [4.69, 9.17) is 4.65 Å². The predicted octanol–water partition coefficient (Wildman–Crippen LogP) is 13.3. The minimum atomic E-state index is -4.77. The van der Waals surface area contributed by atoms with E-state index in [1.807, 2.05) is 0 Å². The van der Waals surface area contributed by atoms with Gasteiger partial charge < -0.3 is 14.0 Å². The number of rotatable bonds is 8. The summed E-state index contributed by atoms with van der Waals surface area (Å²) >= 11 is 0. The Hall–Kier alpha value is -6.35. The second-order valence-electron chi connectivity index (χ2n) is 14.1. The molecule has 4 aliphatic carbocycles. The van der Waals surface area contributed by atoms with E-state index in [1.165, 1.54) is 0 Å². The monoisotopic (exact) mass is 900 g/mol. The van der Waals surface area contributed by atoms with Crippen molar-refractivity contribution in [3.63, 3.8) is 0 Å². The quantitative estimate of drug-likeness (QED) is 0.0882. The lowest BCUT2D eigenvalue weighted by Crippen LogP contribution is -2.44. The summed E-state index contributed by atoms with van der Waals surface area (Å²) in [7, 11) is -3.76. The molecule has 4 unspecified atom stereocenters. The van der Waals surface area contributed by atoms with Gasteiger partial charge in [0.1, 0.15) is 17.4 Å². The molecule has 0 heterocycles.